The Morgan fingerprint density at radius 1 is 1.35 bits per heavy atom. The number of aryl methyl sites for hydroxylation is 1. The molecule has 1 aromatic heterocycles. The van der Waals surface area contributed by atoms with Crippen LogP contribution in [0.2, 0.25) is 0 Å². The monoisotopic (exact) mass is 270 g/mol. The van der Waals surface area contributed by atoms with Crippen LogP contribution in [-0.2, 0) is 0 Å². The van der Waals surface area contributed by atoms with Crippen LogP contribution in [0.3, 0.4) is 0 Å². The van der Waals surface area contributed by atoms with Crippen molar-refractivity contribution in [2.45, 2.75) is 53.0 Å². The second kappa shape index (κ2) is 4.44. The summed E-state index contributed by atoms with van der Waals surface area (Å²) >= 11 is 0. The molecular weight excluding hydrogens is 248 g/mol. The molecule has 3 rings (SSSR count). The Morgan fingerprint density at radius 3 is 2.65 bits per heavy atom. The highest BCUT2D eigenvalue weighted by Gasteiger charge is 2.27. The molecule has 0 bridgehead atoms. The second-order valence-corrected chi connectivity index (χ2v) is 7.12. The lowest BCUT2D eigenvalue weighted by molar-refractivity contribution is 0.0940. The summed E-state index contributed by atoms with van der Waals surface area (Å²) in [6.45, 7) is 8.33. The van der Waals surface area contributed by atoms with Gasteiger partial charge in [0.25, 0.3) is 0 Å². The number of ketones is 1. The molecule has 0 saturated heterocycles. The normalized spacial score (nSPS) is 15.8. The lowest BCUT2D eigenvalue weighted by atomic mass is 9.88. The zero-order chi connectivity index (χ0) is 14.5. The van der Waals surface area contributed by atoms with Gasteiger partial charge in [-0.15, -0.1) is 0 Å². The molecule has 0 amide bonds. The van der Waals surface area contributed by atoms with Crippen molar-refractivity contribution >= 4 is 16.8 Å². The van der Waals surface area contributed by atoms with E-state index in [1.165, 1.54) is 12.8 Å². The molecule has 1 fully saturated rings. The molecule has 0 N–H and O–H groups in total. The van der Waals surface area contributed by atoms with Crippen LogP contribution in [0.1, 0.15) is 62.3 Å². The zero-order valence-electron chi connectivity index (χ0n) is 12.7. The van der Waals surface area contributed by atoms with Gasteiger partial charge in [0.2, 0.25) is 0 Å². The number of aromatic nitrogens is 2. The van der Waals surface area contributed by atoms with Gasteiger partial charge < -0.3 is 4.57 Å². The minimum atomic E-state index is 0.0231. The van der Waals surface area contributed by atoms with Gasteiger partial charge in [-0.3, -0.25) is 4.79 Å². The molecule has 3 heteroatoms. The van der Waals surface area contributed by atoms with E-state index in [0.717, 1.165) is 22.4 Å². The number of rotatable bonds is 3. The van der Waals surface area contributed by atoms with Gasteiger partial charge >= 0.3 is 0 Å². The summed E-state index contributed by atoms with van der Waals surface area (Å²) in [4.78, 5) is 16.9. The summed E-state index contributed by atoms with van der Waals surface area (Å²) < 4.78 is 2.31. The van der Waals surface area contributed by atoms with Crippen molar-refractivity contribution in [2.75, 3.05) is 0 Å². The molecular formula is C17H22N2O. The number of benzene rings is 1. The molecule has 1 aliphatic rings. The molecule has 20 heavy (non-hydrogen) atoms. The third-order valence-corrected chi connectivity index (χ3v) is 3.79. The molecule has 2 aromatic rings. The average Bonchev–Trinajstić information content (AvgIpc) is 3.09. The third kappa shape index (κ3) is 2.49. The van der Waals surface area contributed by atoms with E-state index in [1.54, 1.807) is 0 Å². The molecule has 1 aromatic carbocycles. The SMILES string of the molecule is Cc1nc2cc(C(=O)CC(C)(C)C)ccc2n1C1CC1. The molecule has 0 radical (unpaired) electrons. The molecule has 1 heterocycles. The first-order valence-corrected chi connectivity index (χ1v) is 7.37. The number of hydrogen-bond acceptors (Lipinski definition) is 2. The summed E-state index contributed by atoms with van der Waals surface area (Å²) in [5.74, 6) is 1.26. The molecule has 1 saturated carbocycles. The van der Waals surface area contributed by atoms with E-state index in [1.807, 2.05) is 12.1 Å². The van der Waals surface area contributed by atoms with Crippen molar-refractivity contribution < 1.29 is 4.79 Å². The van der Waals surface area contributed by atoms with Crippen LogP contribution >= 0.6 is 0 Å². The molecule has 0 unspecified atom stereocenters. The Kier molecular flexibility index (Phi) is 2.96. The fourth-order valence-corrected chi connectivity index (χ4v) is 2.77. The van der Waals surface area contributed by atoms with Crippen molar-refractivity contribution in [3.8, 4) is 0 Å². The molecule has 1 aliphatic carbocycles. The van der Waals surface area contributed by atoms with Crippen LogP contribution in [-0.4, -0.2) is 15.3 Å². The molecule has 0 spiro atoms. The summed E-state index contributed by atoms with van der Waals surface area (Å²) in [7, 11) is 0. The topological polar surface area (TPSA) is 34.9 Å². The minimum Gasteiger partial charge on any atom is -0.325 e. The van der Waals surface area contributed by atoms with Crippen LogP contribution < -0.4 is 0 Å². The number of nitrogens with zero attached hydrogens (tertiary/aromatic N) is 2. The summed E-state index contributed by atoms with van der Waals surface area (Å²) in [6.07, 6.45) is 3.06. The minimum absolute atomic E-state index is 0.0231. The number of hydrogen-bond donors (Lipinski definition) is 0. The maximum atomic E-state index is 12.3. The van der Waals surface area contributed by atoms with Crippen LogP contribution in [0.15, 0.2) is 18.2 Å². The molecule has 0 atom stereocenters. The van der Waals surface area contributed by atoms with Gasteiger partial charge in [-0.2, -0.15) is 0 Å². The first-order valence-electron chi connectivity index (χ1n) is 7.37. The van der Waals surface area contributed by atoms with E-state index < -0.39 is 0 Å². The Morgan fingerprint density at radius 2 is 2.05 bits per heavy atom. The van der Waals surface area contributed by atoms with Crippen molar-refractivity contribution in [3.05, 3.63) is 29.6 Å². The van der Waals surface area contributed by atoms with Gasteiger partial charge in [-0.05, 0) is 43.4 Å². The number of fused-ring (bicyclic) bond motifs is 1. The quantitative estimate of drug-likeness (QED) is 0.779. The standard InChI is InChI=1S/C17H22N2O/c1-11-18-14-9-12(16(20)10-17(2,3)4)5-8-15(14)19(11)13-6-7-13/h5,8-9,13H,6-7,10H2,1-4H3. The van der Waals surface area contributed by atoms with Gasteiger partial charge in [-0.1, -0.05) is 20.8 Å². The first-order chi connectivity index (χ1) is 9.35. The van der Waals surface area contributed by atoms with Gasteiger partial charge in [0.05, 0.1) is 11.0 Å². The van der Waals surface area contributed by atoms with Crippen LogP contribution in [0.4, 0.5) is 0 Å². The molecule has 3 nitrogen and oxygen atoms in total. The second-order valence-electron chi connectivity index (χ2n) is 7.12. The Hall–Kier alpha value is -1.64. The number of carbonyl (C=O) groups is 1. The van der Waals surface area contributed by atoms with Crippen molar-refractivity contribution in [2.24, 2.45) is 5.41 Å². The predicted molar refractivity (Wildman–Crippen MR) is 81.1 cm³/mol. The number of Topliss-reactive ketones (excluding diaryl/α,β-unsaturated/α-hetero) is 1. The predicted octanol–water partition coefficient (Wildman–Crippen LogP) is 4.30. The fourth-order valence-electron chi connectivity index (χ4n) is 2.77. The van der Waals surface area contributed by atoms with E-state index in [9.17, 15) is 4.79 Å². The smallest absolute Gasteiger partial charge is 0.163 e. The van der Waals surface area contributed by atoms with Crippen molar-refractivity contribution in [1.29, 1.82) is 0 Å². The number of imidazole rings is 1. The maximum Gasteiger partial charge on any atom is 0.163 e. The summed E-state index contributed by atoms with van der Waals surface area (Å²) in [5, 5.41) is 0. The molecule has 0 aliphatic heterocycles. The van der Waals surface area contributed by atoms with Crippen molar-refractivity contribution in [1.82, 2.24) is 9.55 Å². The average molecular weight is 270 g/mol. The highest BCUT2D eigenvalue weighted by atomic mass is 16.1. The fraction of sp³-hybridized carbons (Fsp3) is 0.529. The largest absolute Gasteiger partial charge is 0.325 e. The highest BCUT2D eigenvalue weighted by Crippen LogP contribution is 2.38. The summed E-state index contributed by atoms with van der Waals surface area (Å²) in [5.41, 5.74) is 2.93. The van der Waals surface area contributed by atoms with Gasteiger partial charge in [0, 0.05) is 18.0 Å². The number of carbonyl (C=O) groups excluding carboxylic acids is 1. The Balaban J connectivity index is 1.97. The first kappa shape index (κ1) is 13.3. The van der Waals surface area contributed by atoms with Gasteiger partial charge in [0.1, 0.15) is 5.82 Å². The lowest BCUT2D eigenvalue weighted by Crippen LogP contribution is -2.13. The Labute approximate surface area is 120 Å². The maximum absolute atomic E-state index is 12.3. The lowest BCUT2D eigenvalue weighted by Gasteiger charge is -2.16. The highest BCUT2D eigenvalue weighted by molar-refractivity contribution is 5.99. The van der Waals surface area contributed by atoms with E-state index >= 15 is 0 Å². The van der Waals surface area contributed by atoms with Crippen molar-refractivity contribution in [3.63, 3.8) is 0 Å². The third-order valence-electron chi connectivity index (χ3n) is 3.79. The van der Waals surface area contributed by atoms with E-state index in [4.69, 9.17) is 0 Å². The van der Waals surface area contributed by atoms with E-state index in [-0.39, 0.29) is 11.2 Å². The van der Waals surface area contributed by atoms with E-state index in [2.05, 4.69) is 43.3 Å². The van der Waals surface area contributed by atoms with Crippen LogP contribution in [0.25, 0.3) is 11.0 Å². The summed E-state index contributed by atoms with van der Waals surface area (Å²) in [6, 6.07) is 6.59. The zero-order valence-corrected chi connectivity index (χ0v) is 12.7. The van der Waals surface area contributed by atoms with Gasteiger partial charge in [-0.25, -0.2) is 4.98 Å². The van der Waals surface area contributed by atoms with Crippen LogP contribution in [0, 0.1) is 12.3 Å². The van der Waals surface area contributed by atoms with Gasteiger partial charge in [0.15, 0.2) is 5.78 Å². The Bertz CT molecular complexity index is 672. The molecule has 106 valence electrons. The van der Waals surface area contributed by atoms with E-state index in [0.29, 0.717) is 12.5 Å². The van der Waals surface area contributed by atoms with Crippen LogP contribution in [0.5, 0.6) is 0 Å².